The Kier molecular flexibility index (Phi) is 4.41. The molecule has 1 aromatic carbocycles. The first kappa shape index (κ1) is 17.9. The van der Waals surface area contributed by atoms with Crippen molar-refractivity contribution in [1.82, 2.24) is 14.9 Å². The van der Waals surface area contributed by atoms with E-state index in [1.54, 1.807) is 13.8 Å². The first-order valence-electron chi connectivity index (χ1n) is 8.01. The Bertz CT molecular complexity index is 939. The van der Waals surface area contributed by atoms with Gasteiger partial charge in [0.15, 0.2) is 5.69 Å². The zero-order valence-electron chi connectivity index (χ0n) is 14.4. The van der Waals surface area contributed by atoms with Crippen LogP contribution in [0.1, 0.15) is 35.7 Å². The topological polar surface area (TPSA) is 119 Å². The number of halogens is 1. The number of hydrogen-bond acceptors (Lipinski definition) is 6. The highest BCUT2D eigenvalue weighted by molar-refractivity contribution is 5.94. The monoisotopic (exact) mass is 362 g/mol. The third-order valence-electron chi connectivity index (χ3n) is 4.22. The molecule has 8 nitrogen and oxygen atoms in total. The maximum atomic E-state index is 13.3. The first-order chi connectivity index (χ1) is 12.2. The molecule has 0 aliphatic carbocycles. The molecule has 4 N–H and O–H groups in total. The molecule has 1 amide bonds. The molecule has 1 aliphatic heterocycles. The second kappa shape index (κ2) is 6.41. The molecule has 0 radical (unpaired) electrons. The van der Waals surface area contributed by atoms with Crippen LogP contribution in [0.3, 0.4) is 0 Å². The van der Waals surface area contributed by atoms with Gasteiger partial charge in [-0.05, 0) is 37.6 Å². The Morgan fingerprint density at radius 2 is 2.23 bits per heavy atom. The summed E-state index contributed by atoms with van der Waals surface area (Å²) in [7, 11) is 0. The van der Waals surface area contributed by atoms with Crippen LogP contribution in [0.2, 0.25) is 0 Å². The molecule has 0 unspecified atom stereocenters. The van der Waals surface area contributed by atoms with Gasteiger partial charge in [0, 0.05) is 12.2 Å². The van der Waals surface area contributed by atoms with Crippen LogP contribution in [0.15, 0.2) is 23.0 Å². The number of aromatic hydroxyl groups is 1. The highest BCUT2D eigenvalue weighted by Crippen LogP contribution is 2.27. The number of hydrogen-bond donors (Lipinski definition) is 3. The summed E-state index contributed by atoms with van der Waals surface area (Å²) >= 11 is 0. The average Bonchev–Trinajstić information content (AvgIpc) is 2.58. The number of nitrogens with zero attached hydrogens (tertiary/aromatic N) is 2. The van der Waals surface area contributed by atoms with Crippen LogP contribution >= 0.6 is 0 Å². The van der Waals surface area contributed by atoms with Crippen molar-refractivity contribution >= 4 is 11.6 Å². The summed E-state index contributed by atoms with van der Waals surface area (Å²) in [5, 5.41) is 12.6. The lowest BCUT2D eigenvalue weighted by Gasteiger charge is -2.32. The lowest BCUT2D eigenvalue weighted by molar-refractivity contribution is -0.0566. The van der Waals surface area contributed by atoms with Gasteiger partial charge < -0.3 is 20.9 Å². The summed E-state index contributed by atoms with van der Waals surface area (Å²) in [4.78, 5) is 28.9. The minimum absolute atomic E-state index is 0.0815. The number of benzene rings is 1. The van der Waals surface area contributed by atoms with Crippen molar-refractivity contribution < 1.29 is 19.0 Å². The Hall–Kier alpha value is -2.94. The third kappa shape index (κ3) is 3.13. The van der Waals surface area contributed by atoms with Crippen LogP contribution in [-0.2, 0) is 23.4 Å². The van der Waals surface area contributed by atoms with E-state index in [1.165, 1.54) is 22.8 Å². The average molecular weight is 362 g/mol. The molecule has 9 heteroatoms. The minimum Gasteiger partial charge on any atom is -0.501 e. The number of ether oxygens (including phenoxy) is 1. The molecule has 0 atom stereocenters. The summed E-state index contributed by atoms with van der Waals surface area (Å²) in [5.41, 5.74) is 4.43. The highest BCUT2D eigenvalue weighted by atomic mass is 19.1. The van der Waals surface area contributed by atoms with E-state index in [9.17, 15) is 19.1 Å². The summed E-state index contributed by atoms with van der Waals surface area (Å²) < 4.78 is 20.2. The number of carbonyl (C=O) groups excluding carboxylic acids is 1. The lowest BCUT2D eigenvalue weighted by Crippen LogP contribution is -2.42. The molecule has 0 bridgehead atoms. The molecule has 2 heterocycles. The Balaban J connectivity index is 1.91. The molecular weight excluding hydrogens is 343 g/mol. The second-order valence-electron chi connectivity index (χ2n) is 6.47. The second-order valence-corrected chi connectivity index (χ2v) is 6.47. The number of carbonyl (C=O) groups is 1. The molecule has 1 aliphatic rings. The number of nitrogens with one attached hydrogen (secondary N) is 1. The smallest absolute Gasteiger partial charge is 0.296 e. The van der Waals surface area contributed by atoms with Gasteiger partial charge in [0.1, 0.15) is 17.2 Å². The number of amides is 1. The van der Waals surface area contributed by atoms with Gasteiger partial charge in [0.05, 0.1) is 13.2 Å². The fraction of sp³-hybridized carbons (Fsp3) is 0.353. The molecule has 138 valence electrons. The summed E-state index contributed by atoms with van der Waals surface area (Å²) in [5.74, 6) is -1.75. The maximum Gasteiger partial charge on any atom is 0.296 e. The maximum absolute atomic E-state index is 13.3. The van der Waals surface area contributed by atoms with Gasteiger partial charge in [-0.25, -0.2) is 9.37 Å². The first-order valence-corrected chi connectivity index (χ1v) is 8.01. The zero-order valence-corrected chi connectivity index (χ0v) is 14.4. The number of nitrogens with two attached hydrogens (primary N) is 1. The van der Waals surface area contributed by atoms with E-state index in [-0.39, 0.29) is 18.9 Å². The van der Waals surface area contributed by atoms with E-state index in [0.29, 0.717) is 17.9 Å². The Morgan fingerprint density at radius 1 is 1.50 bits per heavy atom. The number of anilines is 1. The lowest BCUT2D eigenvalue weighted by atomic mass is 10.1. The SMILES string of the molecule is CC1(C)OCCn2c1nc(C(=O)NCc1cc(F)ccc1N)c(O)c2=O. The van der Waals surface area contributed by atoms with Crippen molar-refractivity contribution in [1.29, 1.82) is 0 Å². The predicted molar refractivity (Wildman–Crippen MR) is 91.1 cm³/mol. The van der Waals surface area contributed by atoms with E-state index in [0.717, 1.165) is 0 Å². The third-order valence-corrected chi connectivity index (χ3v) is 4.22. The van der Waals surface area contributed by atoms with Crippen LogP contribution < -0.4 is 16.6 Å². The number of fused-ring (bicyclic) bond motifs is 1. The van der Waals surface area contributed by atoms with E-state index >= 15 is 0 Å². The van der Waals surface area contributed by atoms with E-state index in [2.05, 4.69) is 10.3 Å². The Labute approximate surface area is 148 Å². The largest absolute Gasteiger partial charge is 0.501 e. The van der Waals surface area contributed by atoms with Gasteiger partial charge in [0.25, 0.3) is 11.5 Å². The quantitative estimate of drug-likeness (QED) is 0.697. The fourth-order valence-electron chi connectivity index (χ4n) is 2.81. The fourth-order valence-corrected chi connectivity index (χ4v) is 2.81. The van der Waals surface area contributed by atoms with Gasteiger partial charge in [0.2, 0.25) is 5.75 Å². The van der Waals surface area contributed by atoms with E-state index in [4.69, 9.17) is 10.5 Å². The highest BCUT2D eigenvalue weighted by Gasteiger charge is 2.34. The standard InChI is InChI=1S/C17H19FN4O4/c1-17(2)16-21-12(13(23)15(25)22(16)5-6-26-17)14(24)20-8-9-7-10(18)3-4-11(9)19/h3-4,7,23H,5-6,8,19H2,1-2H3,(H,20,24). The van der Waals surface area contributed by atoms with Crippen molar-refractivity contribution in [3.8, 4) is 5.75 Å². The van der Waals surface area contributed by atoms with Crippen molar-refractivity contribution in [2.45, 2.75) is 32.5 Å². The minimum atomic E-state index is -0.882. The molecule has 26 heavy (non-hydrogen) atoms. The molecule has 3 rings (SSSR count). The summed E-state index contributed by atoms with van der Waals surface area (Å²) in [6.07, 6.45) is 0. The normalized spacial score (nSPS) is 15.3. The van der Waals surface area contributed by atoms with Gasteiger partial charge in [-0.3, -0.25) is 14.2 Å². The van der Waals surface area contributed by atoms with Crippen LogP contribution in [0, 0.1) is 5.82 Å². The van der Waals surface area contributed by atoms with Crippen molar-refractivity contribution in [2.75, 3.05) is 12.3 Å². The number of nitrogen functional groups attached to an aromatic ring is 1. The van der Waals surface area contributed by atoms with Crippen molar-refractivity contribution in [3.05, 3.63) is 51.5 Å². The van der Waals surface area contributed by atoms with Crippen molar-refractivity contribution in [3.63, 3.8) is 0 Å². The van der Waals surface area contributed by atoms with E-state index in [1.807, 2.05) is 0 Å². The molecule has 0 saturated carbocycles. The predicted octanol–water partition coefficient (Wildman–Crippen LogP) is 0.865. The van der Waals surface area contributed by atoms with Gasteiger partial charge in [-0.1, -0.05) is 0 Å². The Morgan fingerprint density at radius 3 is 2.96 bits per heavy atom. The summed E-state index contributed by atoms with van der Waals surface area (Å²) in [6.45, 7) is 3.89. The van der Waals surface area contributed by atoms with Crippen molar-refractivity contribution in [2.24, 2.45) is 0 Å². The van der Waals surface area contributed by atoms with E-state index < -0.39 is 34.3 Å². The number of aromatic nitrogens is 2. The van der Waals surface area contributed by atoms with Crippen LogP contribution in [-0.4, -0.2) is 27.2 Å². The van der Waals surface area contributed by atoms with Gasteiger partial charge in [-0.2, -0.15) is 0 Å². The zero-order chi connectivity index (χ0) is 19.1. The molecule has 2 aromatic rings. The molecule has 0 saturated heterocycles. The molecule has 0 fully saturated rings. The van der Waals surface area contributed by atoms with Crippen LogP contribution in [0.4, 0.5) is 10.1 Å². The number of rotatable bonds is 3. The van der Waals surface area contributed by atoms with Crippen LogP contribution in [0.25, 0.3) is 0 Å². The van der Waals surface area contributed by atoms with Gasteiger partial charge >= 0.3 is 0 Å². The van der Waals surface area contributed by atoms with Crippen LogP contribution in [0.5, 0.6) is 5.75 Å². The molecular formula is C17H19FN4O4. The molecule has 0 spiro atoms. The van der Waals surface area contributed by atoms with Gasteiger partial charge in [-0.15, -0.1) is 0 Å². The molecule has 1 aromatic heterocycles. The summed E-state index contributed by atoms with van der Waals surface area (Å²) in [6, 6.07) is 3.79.